The number of benzene rings is 3. The third-order valence-electron chi connectivity index (χ3n) is 4.81. The average molecular weight is 477 g/mol. The highest BCUT2D eigenvalue weighted by atomic mass is 35.5. The first-order valence-corrected chi connectivity index (χ1v) is 12.1. The van der Waals surface area contributed by atoms with Gasteiger partial charge in [-0.15, -0.1) is 0 Å². The molecule has 0 saturated carbocycles. The van der Waals surface area contributed by atoms with Gasteiger partial charge in [-0.25, -0.2) is 8.42 Å². The topological polar surface area (TPSA) is 66.5 Å². The Labute approximate surface area is 192 Å². The van der Waals surface area contributed by atoms with Gasteiger partial charge in [0.25, 0.3) is 5.91 Å². The van der Waals surface area contributed by atoms with Crippen LogP contribution in [0.4, 0.5) is 11.4 Å². The highest BCUT2D eigenvalue weighted by Gasteiger charge is 2.21. The Bertz CT molecular complexity index is 1210. The van der Waals surface area contributed by atoms with Gasteiger partial charge in [0.15, 0.2) is 0 Å². The number of hydrogen-bond donors (Lipinski definition) is 1. The van der Waals surface area contributed by atoms with E-state index in [1.165, 1.54) is 10.6 Å². The Morgan fingerprint density at radius 2 is 1.55 bits per heavy atom. The summed E-state index contributed by atoms with van der Waals surface area (Å²) >= 11 is 11.9. The molecule has 162 valence electrons. The van der Waals surface area contributed by atoms with Crippen LogP contribution in [0.2, 0.25) is 10.0 Å². The van der Waals surface area contributed by atoms with Crippen LogP contribution >= 0.6 is 23.2 Å². The molecule has 0 atom stereocenters. The molecule has 3 aromatic carbocycles. The van der Waals surface area contributed by atoms with Gasteiger partial charge in [-0.05, 0) is 60.9 Å². The molecule has 5 nitrogen and oxygen atoms in total. The van der Waals surface area contributed by atoms with Crippen molar-refractivity contribution in [1.82, 2.24) is 0 Å². The second-order valence-electron chi connectivity index (χ2n) is 7.29. The van der Waals surface area contributed by atoms with E-state index in [1.807, 2.05) is 32.0 Å². The highest BCUT2D eigenvalue weighted by molar-refractivity contribution is 7.92. The number of nitrogens with zero attached hydrogens (tertiary/aromatic N) is 1. The minimum atomic E-state index is -3.51. The predicted octanol–water partition coefficient (Wildman–Crippen LogP) is 5.83. The van der Waals surface area contributed by atoms with Crippen molar-refractivity contribution >= 4 is 50.5 Å². The van der Waals surface area contributed by atoms with Crippen molar-refractivity contribution in [2.24, 2.45) is 0 Å². The van der Waals surface area contributed by atoms with Crippen molar-refractivity contribution in [3.8, 4) is 0 Å². The van der Waals surface area contributed by atoms with Crippen molar-refractivity contribution in [2.75, 3.05) is 15.9 Å². The van der Waals surface area contributed by atoms with E-state index in [4.69, 9.17) is 23.2 Å². The number of halogens is 2. The SMILES string of the molecule is Cc1cccc(C)c1N(Cc1ccc(C(=O)Nc2ccc(Cl)c(Cl)c2)cc1)S(C)(=O)=O. The third kappa shape index (κ3) is 5.58. The highest BCUT2D eigenvalue weighted by Crippen LogP contribution is 2.29. The third-order valence-corrected chi connectivity index (χ3v) is 6.66. The fourth-order valence-electron chi connectivity index (χ4n) is 3.27. The number of para-hydroxylation sites is 1. The summed E-state index contributed by atoms with van der Waals surface area (Å²) in [4.78, 5) is 12.5. The van der Waals surface area contributed by atoms with Gasteiger partial charge in [0.2, 0.25) is 10.0 Å². The maximum Gasteiger partial charge on any atom is 0.255 e. The Hall–Kier alpha value is -2.54. The van der Waals surface area contributed by atoms with Crippen LogP contribution in [0, 0.1) is 13.8 Å². The predicted molar refractivity (Wildman–Crippen MR) is 128 cm³/mol. The summed E-state index contributed by atoms with van der Waals surface area (Å²) in [6.07, 6.45) is 1.19. The van der Waals surface area contributed by atoms with Gasteiger partial charge in [0.1, 0.15) is 0 Å². The van der Waals surface area contributed by atoms with Crippen molar-refractivity contribution < 1.29 is 13.2 Å². The van der Waals surface area contributed by atoms with Crippen molar-refractivity contribution in [2.45, 2.75) is 20.4 Å². The molecular formula is C23H22Cl2N2O3S. The maximum atomic E-state index is 12.5. The molecule has 0 unspecified atom stereocenters. The van der Waals surface area contributed by atoms with Crippen molar-refractivity contribution in [3.63, 3.8) is 0 Å². The lowest BCUT2D eigenvalue weighted by Gasteiger charge is -2.26. The number of anilines is 2. The van der Waals surface area contributed by atoms with E-state index in [0.717, 1.165) is 16.7 Å². The molecule has 0 radical (unpaired) electrons. The summed E-state index contributed by atoms with van der Waals surface area (Å²) in [5, 5.41) is 3.52. The second-order valence-corrected chi connectivity index (χ2v) is 10.0. The number of amides is 1. The molecule has 31 heavy (non-hydrogen) atoms. The fourth-order valence-corrected chi connectivity index (χ4v) is 4.57. The molecule has 0 bridgehead atoms. The van der Waals surface area contributed by atoms with E-state index in [1.54, 1.807) is 42.5 Å². The molecule has 0 heterocycles. The minimum absolute atomic E-state index is 0.166. The lowest BCUT2D eigenvalue weighted by molar-refractivity contribution is 0.102. The number of carbonyl (C=O) groups excluding carboxylic acids is 1. The van der Waals surface area contributed by atoms with Crippen LogP contribution in [-0.2, 0) is 16.6 Å². The smallest absolute Gasteiger partial charge is 0.255 e. The van der Waals surface area contributed by atoms with Crippen LogP contribution in [0.3, 0.4) is 0 Å². The van der Waals surface area contributed by atoms with Crippen LogP contribution in [0.5, 0.6) is 0 Å². The molecule has 0 spiro atoms. The van der Waals surface area contributed by atoms with Gasteiger partial charge in [0.05, 0.1) is 28.5 Å². The monoisotopic (exact) mass is 476 g/mol. The second kappa shape index (κ2) is 9.30. The molecule has 0 aromatic heterocycles. The van der Waals surface area contributed by atoms with E-state index >= 15 is 0 Å². The van der Waals surface area contributed by atoms with Crippen LogP contribution < -0.4 is 9.62 Å². The zero-order valence-corrected chi connectivity index (χ0v) is 19.6. The number of rotatable bonds is 6. The van der Waals surface area contributed by atoms with Crippen LogP contribution in [0.25, 0.3) is 0 Å². The molecule has 0 saturated heterocycles. The first-order chi connectivity index (χ1) is 14.6. The van der Waals surface area contributed by atoms with E-state index in [9.17, 15) is 13.2 Å². The maximum absolute atomic E-state index is 12.5. The summed E-state index contributed by atoms with van der Waals surface area (Å²) in [5.41, 5.74) is 4.16. The van der Waals surface area contributed by atoms with Gasteiger partial charge < -0.3 is 5.32 Å². The molecule has 0 aliphatic rings. The van der Waals surface area contributed by atoms with Crippen molar-refractivity contribution in [3.05, 3.63) is 93.0 Å². The van der Waals surface area contributed by atoms with Gasteiger partial charge in [0, 0.05) is 11.3 Å². The molecule has 8 heteroatoms. The average Bonchev–Trinajstić information content (AvgIpc) is 2.69. The van der Waals surface area contributed by atoms with E-state index < -0.39 is 10.0 Å². The van der Waals surface area contributed by atoms with Gasteiger partial charge in [-0.2, -0.15) is 0 Å². The molecule has 0 fully saturated rings. The Kier molecular flexibility index (Phi) is 6.94. The molecule has 3 aromatic rings. The number of nitrogens with one attached hydrogen (secondary N) is 1. The minimum Gasteiger partial charge on any atom is -0.322 e. The zero-order valence-electron chi connectivity index (χ0n) is 17.3. The molecule has 0 aliphatic heterocycles. The van der Waals surface area contributed by atoms with Crippen molar-refractivity contribution in [1.29, 1.82) is 0 Å². The first kappa shape index (κ1) is 23.1. The Balaban J connectivity index is 1.81. The normalized spacial score (nSPS) is 11.3. The van der Waals surface area contributed by atoms with Gasteiger partial charge >= 0.3 is 0 Å². The number of sulfonamides is 1. The van der Waals surface area contributed by atoms with E-state index in [2.05, 4.69) is 5.32 Å². The molecule has 3 rings (SSSR count). The van der Waals surface area contributed by atoms with Gasteiger partial charge in [-0.3, -0.25) is 9.10 Å². The quantitative estimate of drug-likeness (QED) is 0.486. The summed E-state index contributed by atoms with van der Waals surface area (Å²) < 4.78 is 26.4. The van der Waals surface area contributed by atoms with Crippen LogP contribution in [0.1, 0.15) is 27.0 Å². The Morgan fingerprint density at radius 1 is 0.935 bits per heavy atom. The summed E-state index contributed by atoms with van der Waals surface area (Å²) in [5.74, 6) is -0.306. The number of carbonyl (C=O) groups is 1. The van der Waals surface area contributed by atoms with Gasteiger partial charge in [-0.1, -0.05) is 53.5 Å². The van der Waals surface area contributed by atoms with Crippen LogP contribution in [0.15, 0.2) is 60.7 Å². The molecular weight excluding hydrogens is 455 g/mol. The molecule has 1 amide bonds. The van der Waals surface area contributed by atoms with E-state index in [-0.39, 0.29) is 12.5 Å². The van der Waals surface area contributed by atoms with Crippen LogP contribution in [-0.4, -0.2) is 20.6 Å². The standard InChI is InChI=1S/C23H22Cl2N2O3S/c1-15-5-4-6-16(2)22(15)27(31(3,29)30)14-17-7-9-18(10-8-17)23(28)26-19-11-12-20(24)21(25)13-19/h4-13H,14H2,1-3H3,(H,26,28). The molecule has 0 aliphatic carbocycles. The molecule has 1 N–H and O–H groups in total. The largest absolute Gasteiger partial charge is 0.322 e. The lowest BCUT2D eigenvalue weighted by Crippen LogP contribution is -2.30. The first-order valence-electron chi connectivity index (χ1n) is 9.45. The number of aryl methyl sites for hydroxylation is 2. The number of hydrogen-bond acceptors (Lipinski definition) is 3. The summed E-state index contributed by atoms with van der Waals surface area (Å²) in [6, 6.07) is 17.3. The Morgan fingerprint density at radius 3 is 2.10 bits per heavy atom. The zero-order chi connectivity index (χ0) is 22.8. The van der Waals surface area contributed by atoms with E-state index in [0.29, 0.717) is 27.0 Å². The summed E-state index contributed by atoms with van der Waals surface area (Å²) in [7, 11) is -3.51. The fraction of sp³-hybridized carbons (Fsp3) is 0.174. The lowest BCUT2D eigenvalue weighted by atomic mass is 10.1. The summed E-state index contributed by atoms with van der Waals surface area (Å²) in [6.45, 7) is 3.94.